The zero-order valence-corrected chi connectivity index (χ0v) is 19.8. The number of nitrogens with one attached hydrogen (secondary N) is 1. The molecule has 5 nitrogen and oxygen atoms in total. The first kappa shape index (κ1) is 22.1. The van der Waals surface area contributed by atoms with Gasteiger partial charge in [-0.2, -0.15) is 5.10 Å². The molecule has 172 valence electrons. The Balaban J connectivity index is 1.40. The van der Waals surface area contributed by atoms with Gasteiger partial charge in [-0.15, -0.1) is 0 Å². The third-order valence-corrected chi connectivity index (χ3v) is 6.86. The molecule has 2 heterocycles. The Morgan fingerprint density at radius 1 is 1.00 bits per heavy atom. The lowest BCUT2D eigenvalue weighted by Crippen LogP contribution is -2.18. The molecule has 1 aliphatic rings. The van der Waals surface area contributed by atoms with Gasteiger partial charge in [0.1, 0.15) is 0 Å². The van der Waals surface area contributed by atoms with E-state index in [1.165, 1.54) is 43.5 Å². The second kappa shape index (κ2) is 9.64. The summed E-state index contributed by atoms with van der Waals surface area (Å²) in [5.74, 6) is -0.242. The number of aromatic nitrogens is 2. The summed E-state index contributed by atoms with van der Waals surface area (Å²) in [5, 5.41) is 5.14. The third-order valence-electron chi connectivity index (χ3n) is 6.86. The number of hydrogen-bond acceptors (Lipinski definition) is 3. The van der Waals surface area contributed by atoms with E-state index in [1.54, 1.807) is 6.21 Å². The number of rotatable bonds is 5. The van der Waals surface area contributed by atoms with Gasteiger partial charge in [-0.05, 0) is 44.9 Å². The molecule has 1 N–H and O–H groups in total. The molecule has 1 aliphatic carbocycles. The molecule has 1 saturated carbocycles. The third kappa shape index (κ3) is 4.38. The molecule has 2 aromatic heterocycles. The first-order valence-electron chi connectivity index (χ1n) is 12.1. The predicted molar refractivity (Wildman–Crippen MR) is 138 cm³/mol. The number of hydrazone groups is 1. The highest BCUT2D eigenvalue weighted by molar-refractivity contribution is 6.07. The fraction of sp³-hybridized carbons (Fsp3) is 0.276. The summed E-state index contributed by atoms with van der Waals surface area (Å²) < 4.78 is 2.45. The molecule has 5 rings (SSSR count). The maximum atomic E-state index is 13.2. The molecular formula is C29H30N4O. The van der Waals surface area contributed by atoms with Crippen LogP contribution in [0.5, 0.6) is 0 Å². The summed E-state index contributed by atoms with van der Waals surface area (Å²) in [6.07, 6.45) is 8.18. The molecule has 1 fully saturated rings. The van der Waals surface area contributed by atoms with Crippen molar-refractivity contribution < 1.29 is 4.79 Å². The van der Waals surface area contributed by atoms with Crippen LogP contribution in [0.15, 0.2) is 71.8 Å². The van der Waals surface area contributed by atoms with Crippen LogP contribution in [0.25, 0.3) is 22.2 Å². The van der Waals surface area contributed by atoms with Crippen LogP contribution in [-0.4, -0.2) is 21.7 Å². The number of carbonyl (C=O) groups excluding carboxylic acids is 1. The molecule has 34 heavy (non-hydrogen) atoms. The van der Waals surface area contributed by atoms with Crippen molar-refractivity contribution in [1.29, 1.82) is 0 Å². The average Bonchev–Trinajstić information content (AvgIpc) is 3.16. The molecule has 5 heteroatoms. The number of pyridine rings is 1. The number of hydrogen-bond donors (Lipinski definition) is 1. The Kier molecular flexibility index (Phi) is 6.26. The minimum Gasteiger partial charge on any atom is -0.345 e. The highest BCUT2D eigenvalue weighted by Crippen LogP contribution is 2.32. The summed E-state index contributed by atoms with van der Waals surface area (Å²) >= 11 is 0. The molecule has 1 amide bonds. The maximum absolute atomic E-state index is 13.2. The fourth-order valence-corrected chi connectivity index (χ4v) is 5.18. The van der Waals surface area contributed by atoms with Gasteiger partial charge in [0.05, 0.1) is 23.0 Å². The molecule has 0 atom stereocenters. The van der Waals surface area contributed by atoms with E-state index in [2.05, 4.69) is 35.0 Å². The molecule has 0 radical (unpaired) electrons. The van der Waals surface area contributed by atoms with E-state index < -0.39 is 0 Å². The monoisotopic (exact) mass is 450 g/mol. The molecule has 0 saturated heterocycles. The van der Waals surface area contributed by atoms with E-state index >= 15 is 0 Å². The number of benzene rings is 2. The van der Waals surface area contributed by atoms with Gasteiger partial charge >= 0.3 is 0 Å². The lowest BCUT2D eigenvalue weighted by Gasteiger charge is -2.26. The van der Waals surface area contributed by atoms with E-state index in [0.717, 1.165) is 27.7 Å². The molecule has 0 bridgehead atoms. The standard InChI is InChI=1S/C29H30N4O/c1-20-17-23(21(2)33(20)24-13-7-4-8-14-24)19-30-32-29(34)26-18-28(22-11-5-3-6-12-22)31-27-16-10-9-15-25(26)27/h3,5-6,9-12,15-19,24H,4,7-8,13-14H2,1-2H3,(H,32,34)/b30-19+. The largest absolute Gasteiger partial charge is 0.345 e. The minimum atomic E-state index is -0.242. The average molecular weight is 451 g/mol. The van der Waals surface area contributed by atoms with Crippen molar-refractivity contribution >= 4 is 23.0 Å². The van der Waals surface area contributed by atoms with Gasteiger partial charge in [-0.25, -0.2) is 10.4 Å². The number of carbonyl (C=O) groups is 1. The Morgan fingerprint density at radius 3 is 2.53 bits per heavy atom. The number of para-hydroxylation sites is 1. The number of aryl methyl sites for hydroxylation is 1. The summed E-state index contributed by atoms with van der Waals surface area (Å²) in [7, 11) is 0. The minimum absolute atomic E-state index is 0.242. The molecule has 0 aliphatic heterocycles. The van der Waals surface area contributed by atoms with E-state index in [1.807, 2.05) is 60.7 Å². The second-order valence-corrected chi connectivity index (χ2v) is 9.13. The summed E-state index contributed by atoms with van der Waals surface area (Å²) in [6.45, 7) is 4.30. The van der Waals surface area contributed by atoms with Gasteiger partial charge in [0.15, 0.2) is 0 Å². The van der Waals surface area contributed by atoms with Crippen LogP contribution < -0.4 is 5.43 Å². The van der Waals surface area contributed by atoms with Gasteiger partial charge in [0.2, 0.25) is 0 Å². The van der Waals surface area contributed by atoms with Crippen molar-refractivity contribution in [3.63, 3.8) is 0 Å². The predicted octanol–water partition coefficient (Wildman–Crippen LogP) is 6.59. The first-order valence-corrected chi connectivity index (χ1v) is 12.1. The van der Waals surface area contributed by atoms with Crippen molar-refractivity contribution in [3.05, 3.63) is 89.2 Å². The van der Waals surface area contributed by atoms with E-state index in [0.29, 0.717) is 11.6 Å². The highest BCUT2D eigenvalue weighted by atomic mass is 16.2. The summed E-state index contributed by atoms with van der Waals surface area (Å²) in [4.78, 5) is 17.9. The van der Waals surface area contributed by atoms with Crippen molar-refractivity contribution in [3.8, 4) is 11.3 Å². The zero-order chi connectivity index (χ0) is 23.5. The van der Waals surface area contributed by atoms with Crippen LogP contribution in [0.4, 0.5) is 0 Å². The molecule has 0 unspecified atom stereocenters. The van der Waals surface area contributed by atoms with Crippen LogP contribution in [-0.2, 0) is 0 Å². The molecule has 4 aromatic rings. The van der Waals surface area contributed by atoms with Crippen LogP contribution in [0.3, 0.4) is 0 Å². The second-order valence-electron chi connectivity index (χ2n) is 9.13. The van der Waals surface area contributed by atoms with Gasteiger partial charge < -0.3 is 4.57 Å². The summed E-state index contributed by atoms with van der Waals surface area (Å²) in [6, 6.07) is 22.2. The highest BCUT2D eigenvalue weighted by Gasteiger charge is 2.19. The van der Waals surface area contributed by atoms with Crippen LogP contribution in [0.2, 0.25) is 0 Å². The van der Waals surface area contributed by atoms with E-state index in [9.17, 15) is 4.79 Å². The zero-order valence-electron chi connectivity index (χ0n) is 19.8. The van der Waals surface area contributed by atoms with Crippen molar-refractivity contribution in [2.45, 2.75) is 52.0 Å². The van der Waals surface area contributed by atoms with E-state index in [-0.39, 0.29) is 5.91 Å². The fourth-order valence-electron chi connectivity index (χ4n) is 5.18. The quantitative estimate of drug-likeness (QED) is 0.275. The van der Waals surface area contributed by atoms with Gasteiger partial charge in [0, 0.05) is 33.9 Å². The SMILES string of the molecule is Cc1cc(/C=N/NC(=O)c2cc(-c3ccccc3)nc3ccccc23)c(C)n1C1CCCCC1. The van der Waals surface area contributed by atoms with Gasteiger partial charge in [0.25, 0.3) is 5.91 Å². The van der Waals surface area contributed by atoms with Crippen LogP contribution in [0.1, 0.15) is 65.5 Å². The first-order chi connectivity index (χ1) is 16.6. The maximum Gasteiger partial charge on any atom is 0.272 e. The lowest BCUT2D eigenvalue weighted by molar-refractivity contribution is 0.0956. The number of fused-ring (bicyclic) bond motifs is 1. The summed E-state index contributed by atoms with van der Waals surface area (Å²) in [5.41, 5.74) is 9.35. The lowest BCUT2D eigenvalue weighted by atomic mass is 9.95. The van der Waals surface area contributed by atoms with E-state index in [4.69, 9.17) is 4.98 Å². The number of amides is 1. The van der Waals surface area contributed by atoms with Crippen LogP contribution >= 0.6 is 0 Å². The topological polar surface area (TPSA) is 59.3 Å². The van der Waals surface area contributed by atoms with Crippen molar-refractivity contribution in [2.24, 2.45) is 5.10 Å². The van der Waals surface area contributed by atoms with Crippen molar-refractivity contribution in [2.75, 3.05) is 0 Å². The molecule has 0 spiro atoms. The smallest absolute Gasteiger partial charge is 0.272 e. The molecular weight excluding hydrogens is 420 g/mol. The van der Waals surface area contributed by atoms with Crippen molar-refractivity contribution in [1.82, 2.24) is 15.0 Å². The Bertz CT molecular complexity index is 1350. The number of nitrogens with zero attached hydrogens (tertiary/aromatic N) is 3. The van der Waals surface area contributed by atoms with Gasteiger partial charge in [-0.3, -0.25) is 4.79 Å². The molecule has 2 aromatic carbocycles. The Hall–Kier alpha value is -3.73. The Labute approximate surface area is 200 Å². The van der Waals surface area contributed by atoms with Crippen LogP contribution in [0, 0.1) is 13.8 Å². The Morgan fingerprint density at radius 2 is 1.74 bits per heavy atom. The van der Waals surface area contributed by atoms with Gasteiger partial charge in [-0.1, -0.05) is 67.8 Å². The normalized spacial score (nSPS) is 14.6.